The molecule has 8 heteroatoms. The van der Waals surface area contributed by atoms with Crippen LogP contribution < -0.4 is 10.1 Å². The molecule has 3 rings (SSSR count). The van der Waals surface area contributed by atoms with Crippen LogP contribution in [0.4, 0.5) is 4.39 Å². The van der Waals surface area contributed by atoms with Gasteiger partial charge in [-0.25, -0.2) is 9.37 Å². The number of ether oxygens (including phenoxy) is 1. The van der Waals surface area contributed by atoms with Crippen molar-refractivity contribution in [2.45, 2.75) is 6.04 Å². The summed E-state index contributed by atoms with van der Waals surface area (Å²) in [5.74, 6) is -0.111. The standard InChI is InChI=1S/C19H16Cl2FN3O2/c1-25-9-8-23-19(25)18(13-4-2-3-5-15(13)22)24-17(26)11-27-16-10-12(20)6-7-14(16)21/h2-10,18H,11H2,1H3,(H,24,26)/t18-/m1/s1. The van der Waals surface area contributed by atoms with Crippen molar-refractivity contribution in [3.05, 3.63) is 82.1 Å². The number of carbonyl (C=O) groups is 1. The van der Waals surface area contributed by atoms with Crippen LogP contribution in [0, 0.1) is 5.82 Å². The summed E-state index contributed by atoms with van der Waals surface area (Å²) in [5.41, 5.74) is 0.306. The highest BCUT2D eigenvalue weighted by molar-refractivity contribution is 6.34. The Morgan fingerprint density at radius 3 is 2.78 bits per heavy atom. The molecule has 0 bridgehead atoms. The molecule has 0 saturated heterocycles. The molecule has 1 aromatic heterocycles. The van der Waals surface area contributed by atoms with Gasteiger partial charge in [0, 0.05) is 36.1 Å². The molecular weight excluding hydrogens is 392 g/mol. The second kappa shape index (κ2) is 8.41. The maximum Gasteiger partial charge on any atom is 0.258 e. The predicted molar refractivity (Wildman–Crippen MR) is 102 cm³/mol. The van der Waals surface area contributed by atoms with E-state index in [1.807, 2.05) is 0 Å². The molecule has 3 aromatic rings. The molecule has 0 aliphatic rings. The van der Waals surface area contributed by atoms with Crippen LogP contribution in [0.2, 0.25) is 10.0 Å². The number of carbonyl (C=O) groups excluding carboxylic acids is 1. The summed E-state index contributed by atoms with van der Waals surface area (Å²) in [6, 6.07) is 10.2. The summed E-state index contributed by atoms with van der Waals surface area (Å²) in [5, 5.41) is 3.53. The van der Waals surface area contributed by atoms with Gasteiger partial charge >= 0.3 is 0 Å². The zero-order chi connectivity index (χ0) is 19.4. The molecule has 0 radical (unpaired) electrons. The van der Waals surface area contributed by atoms with Gasteiger partial charge in [0.05, 0.1) is 5.02 Å². The normalized spacial score (nSPS) is 11.9. The molecule has 2 aromatic carbocycles. The number of amides is 1. The molecule has 140 valence electrons. The highest BCUT2D eigenvalue weighted by Gasteiger charge is 2.23. The molecule has 1 N–H and O–H groups in total. The number of rotatable bonds is 6. The van der Waals surface area contributed by atoms with Gasteiger partial charge in [-0.05, 0) is 18.2 Å². The highest BCUT2D eigenvalue weighted by Crippen LogP contribution is 2.28. The number of aryl methyl sites for hydroxylation is 1. The van der Waals surface area contributed by atoms with E-state index in [2.05, 4.69) is 10.3 Å². The molecule has 0 fully saturated rings. The monoisotopic (exact) mass is 407 g/mol. The maximum absolute atomic E-state index is 14.3. The summed E-state index contributed by atoms with van der Waals surface area (Å²) in [6.07, 6.45) is 3.30. The Labute approximate surface area is 165 Å². The number of imidazole rings is 1. The lowest BCUT2D eigenvalue weighted by molar-refractivity contribution is -0.123. The summed E-state index contributed by atoms with van der Waals surface area (Å²) in [7, 11) is 1.77. The molecule has 1 heterocycles. The first-order chi connectivity index (χ1) is 13.0. The third-order valence-electron chi connectivity index (χ3n) is 3.89. The van der Waals surface area contributed by atoms with Crippen LogP contribution in [-0.2, 0) is 11.8 Å². The number of aromatic nitrogens is 2. The number of nitrogens with one attached hydrogen (secondary N) is 1. The van der Waals surface area contributed by atoms with Gasteiger partial charge in [-0.2, -0.15) is 0 Å². The molecule has 0 unspecified atom stereocenters. The smallest absolute Gasteiger partial charge is 0.258 e. The van der Waals surface area contributed by atoms with Crippen LogP contribution in [0.15, 0.2) is 54.9 Å². The van der Waals surface area contributed by atoms with Crippen LogP contribution in [0.5, 0.6) is 5.75 Å². The molecule has 1 atom stereocenters. The van der Waals surface area contributed by atoms with Gasteiger partial charge < -0.3 is 14.6 Å². The maximum atomic E-state index is 14.3. The Bertz CT molecular complexity index is 962. The zero-order valence-corrected chi connectivity index (χ0v) is 15.8. The fraction of sp³-hybridized carbons (Fsp3) is 0.158. The minimum atomic E-state index is -0.767. The minimum absolute atomic E-state index is 0.291. The van der Waals surface area contributed by atoms with E-state index in [9.17, 15) is 9.18 Å². The number of hydrogen-bond acceptors (Lipinski definition) is 3. The van der Waals surface area contributed by atoms with Crippen LogP contribution in [0.1, 0.15) is 17.4 Å². The van der Waals surface area contributed by atoms with Crippen molar-refractivity contribution >= 4 is 29.1 Å². The Hall–Kier alpha value is -2.57. The van der Waals surface area contributed by atoms with E-state index in [1.165, 1.54) is 12.1 Å². The van der Waals surface area contributed by atoms with Crippen molar-refractivity contribution in [3.63, 3.8) is 0 Å². The van der Waals surface area contributed by atoms with E-state index in [1.54, 1.807) is 54.3 Å². The fourth-order valence-corrected chi connectivity index (χ4v) is 2.91. The van der Waals surface area contributed by atoms with E-state index < -0.39 is 17.8 Å². The summed E-state index contributed by atoms with van der Waals surface area (Å²) in [4.78, 5) is 16.7. The molecule has 0 aliphatic carbocycles. The Morgan fingerprint density at radius 2 is 2.07 bits per heavy atom. The minimum Gasteiger partial charge on any atom is -0.482 e. The largest absolute Gasteiger partial charge is 0.482 e. The molecule has 0 saturated carbocycles. The van der Waals surface area contributed by atoms with Crippen LogP contribution >= 0.6 is 23.2 Å². The number of nitrogens with zero attached hydrogens (tertiary/aromatic N) is 2. The van der Waals surface area contributed by atoms with Crippen LogP contribution in [-0.4, -0.2) is 22.1 Å². The molecule has 5 nitrogen and oxygen atoms in total. The zero-order valence-electron chi connectivity index (χ0n) is 14.3. The Morgan fingerprint density at radius 1 is 1.30 bits per heavy atom. The summed E-state index contributed by atoms with van der Waals surface area (Å²) >= 11 is 11.9. The van der Waals surface area contributed by atoms with Gasteiger partial charge in [0.2, 0.25) is 0 Å². The summed E-state index contributed by atoms with van der Waals surface area (Å²) in [6.45, 7) is -0.310. The average Bonchev–Trinajstić information content (AvgIpc) is 3.07. The SMILES string of the molecule is Cn1ccnc1[C@H](NC(=O)COc1cc(Cl)ccc1Cl)c1ccccc1F. The first-order valence-corrected chi connectivity index (χ1v) is 8.80. The predicted octanol–water partition coefficient (Wildman–Crippen LogP) is 4.15. The van der Waals surface area contributed by atoms with E-state index in [0.717, 1.165) is 0 Å². The van der Waals surface area contributed by atoms with Crippen molar-refractivity contribution in [2.75, 3.05) is 6.61 Å². The first kappa shape index (κ1) is 19.2. The average molecular weight is 408 g/mol. The van der Waals surface area contributed by atoms with E-state index in [0.29, 0.717) is 27.2 Å². The summed E-state index contributed by atoms with van der Waals surface area (Å²) < 4.78 is 21.5. The van der Waals surface area contributed by atoms with Gasteiger partial charge in [-0.1, -0.05) is 41.4 Å². The van der Waals surface area contributed by atoms with Gasteiger partial charge in [-0.3, -0.25) is 4.79 Å². The van der Waals surface area contributed by atoms with Gasteiger partial charge in [0.25, 0.3) is 5.91 Å². The topological polar surface area (TPSA) is 56.2 Å². The lowest BCUT2D eigenvalue weighted by atomic mass is 10.1. The lowest BCUT2D eigenvalue weighted by Crippen LogP contribution is -2.35. The van der Waals surface area contributed by atoms with Crippen molar-refractivity contribution in [3.8, 4) is 5.75 Å². The third-order valence-corrected chi connectivity index (χ3v) is 4.44. The second-order valence-electron chi connectivity index (χ2n) is 5.78. The quantitative estimate of drug-likeness (QED) is 0.667. The van der Waals surface area contributed by atoms with Crippen molar-refractivity contribution < 1.29 is 13.9 Å². The molecule has 27 heavy (non-hydrogen) atoms. The van der Waals surface area contributed by atoms with E-state index in [4.69, 9.17) is 27.9 Å². The van der Waals surface area contributed by atoms with E-state index >= 15 is 0 Å². The Kier molecular flexibility index (Phi) is 5.98. The highest BCUT2D eigenvalue weighted by atomic mass is 35.5. The molecular formula is C19H16Cl2FN3O2. The van der Waals surface area contributed by atoms with E-state index in [-0.39, 0.29) is 6.61 Å². The number of benzene rings is 2. The first-order valence-electron chi connectivity index (χ1n) is 8.04. The third kappa shape index (κ3) is 4.59. The fourth-order valence-electron chi connectivity index (χ4n) is 2.58. The number of halogens is 3. The van der Waals surface area contributed by atoms with Gasteiger partial charge in [-0.15, -0.1) is 0 Å². The van der Waals surface area contributed by atoms with Crippen molar-refractivity contribution in [2.24, 2.45) is 7.05 Å². The molecule has 0 spiro atoms. The molecule has 0 aliphatic heterocycles. The molecule has 1 amide bonds. The van der Waals surface area contributed by atoms with Crippen molar-refractivity contribution in [1.82, 2.24) is 14.9 Å². The Balaban J connectivity index is 1.78. The number of hydrogen-bond donors (Lipinski definition) is 1. The van der Waals surface area contributed by atoms with Gasteiger partial charge in [0.1, 0.15) is 23.4 Å². The van der Waals surface area contributed by atoms with Crippen molar-refractivity contribution in [1.29, 1.82) is 0 Å². The second-order valence-corrected chi connectivity index (χ2v) is 6.63. The van der Waals surface area contributed by atoms with Crippen LogP contribution in [0.3, 0.4) is 0 Å². The van der Waals surface area contributed by atoms with Gasteiger partial charge in [0.15, 0.2) is 6.61 Å². The lowest BCUT2D eigenvalue weighted by Gasteiger charge is -2.20. The van der Waals surface area contributed by atoms with Crippen LogP contribution in [0.25, 0.3) is 0 Å².